The smallest absolute Gasteiger partial charge is 0.283 e. The molecular formula is C17H14ClFN2O5. The Morgan fingerprint density at radius 3 is 2.73 bits per heavy atom. The summed E-state index contributed by atoms with van der Waals surface area (Å²) in [5.41, 5.74) is 4.42. The second kappa shape index (κ2) is 7.92. The van der Waals surface area contributed by atoms with Gasteiger partial charge in [-0.15, -0.1) is 0 Å². The molecule has 0 saturated heterocycles. The van der Waals surface area contributed by atoms with Crippen LogP contribution in [0.2, 0.25) is 5.02 Å². The number of nitrogens with one attached hydrogen (secondary N) is 2. The fourth-order valence-electron chi connectivity index (χ4n) is 2.11. The summed E-state index contributed by atoms with van der Waals surface area (Å²) in [6, 6.07) is 10.6. The van der Waals surface area contributed by atoms with Crippen molar-refractivity contribution in [3.63, 3.8) is 0 Å². The van der Waals surface area contributed by atoms with Crippen molar-refractivity contribution in [2.75, 3.05) is 13.2 Å². The quantitative estimate of drug-likeness (QED) is 0.791. The Hall–Kier alpha value is -3.00. The van der Waals surface area contributed by atoms with Crippen molar-refractivity contribution >= 4 is 23.4 Å². The van der Waals surface area contributed by atoms with Gasteiger partial charge in [-0.25, -0.2) is 4.39 Å². The van der Waals surface area contributed by atoms with E-state index in [1.54, 1.807) is 24.3 Å². The van der Waals surface area contributed by atoms with Gasteiger partial charge in [-0.3, -0.25) is 20.4 Å². The molecule has 1 aliphatic heterocycles. The lowest BCUT2D eigenvalue weighted by molar-refractivity contribution is -0.135. The molecule has 0 unspecified atom stereocenters. The van der Waals surface area contributed by atoms with Crippen molar-refractivity contribution in [1.29, 1.82) is 0 Å². The highest BCUT2D eigenvalue weighted by molar-refractivity contribution is 6.30. The Bertz CT molecular complexity index is 833. The monoisotopic (exact) mass is 380 g/mol. The summed E-state index contributed by atoms with van der Waals surface area (Å²) in [5.74, 6) is -0.562. The first-order valence-electron chi connectivity index (χ1n) is 7.58. The predicted octanol–water partition coefficient (Wildman–Crippen LogP) is 1.85. The summed E-state index contributed by atoms with van der Waals surface area (Å²) in [4.78, 5) is 23.8. The normalized spacial score (nSPS) is 15.1. The molecule has 9 heteroatoms. The molecule has 0 aliphatic carbocycles. The van der Waals surface area contributed by atoms with Crippen molar-refractivity contribution in [2.24, 2.45) is 0 Å². The van der Waals surface area contributed by atoms with E-state index in [2.05, 4.69) is 10.9 Å². The highest BCUT2D eigenvalue weighted by atomic mass is 35.5. The molecule has 0 bridgehead atoms. The van der Waals surface area contributed by atoms with Crippen LogP contribution in [0.15, 0.2) is 42.5 Å². The van der Waals surface area contributed by atoms with Crippen LogP contribution in [-0.2, 0) is 9.59 Å². The van der Waals surface area contributed by atoms with Crippen LogP contribution in [0.4, 0.5) is 4.39 Å². The first kappa shape index (κ1) is 17.8. The molecule has 2 amide bonds. The third-order valence-electron chi connectivity index (χ3n) is 3.39. The Morgan fingerprint density at radius 2 is 1.96 bits per heavy atom. The van der Waals surface area contributed by atoms with E-state index in [1.165, 1.54) is 12.1 Å². The molecule has 1 heterocycles. The number of hydrazine groups is 1. The zero-order chi connectivity index (χ0) is 18.5. The zero-order valence-electron chi connectivity index (χ0n) is 13.3. The van der Waals surface area contributed by atoms with E-state index in [9.17, 15) is 14.0 Å². The van der Waals surface area contributed by atoms with Crippen LogP contribution in [0.1, 0.15) is 0 Å². The van der Waals surface area contributed by atoms with E-state index < -0.39 is 30.3 Å². The number of halogens is 2. The zero-order valence-corrected chi connectivity index (χ0v) is 14.1. The lowest BCUT2D eigenvalue weighted by Gasteiger charge is -2.25. The van der Waals surface area contributed by atoms with E-state index in [0.717, 1.165) is 6.07 Å². The average molecular weight is 381 g/mol. The predicted molar refractivity (Wildman–Crippen MR) is 89.5 cm³/mol. The van der Waals surface area contributed by atoms with Crippen molar-refractivity contribution in [3.8, 4) is 17.2 Å². The topological polar surface area (TPSA) is 85.9 Å². The Kier molecular flexibility index (Phi) is 5.43. The fraction of sp³-hybridized carbons (Fsp3) is 0.176. The van der Waals surface area contributed by atoms with Crippen molar-refractivity contribution in [3.05, 3.63) is 53.3 Å². The van der Waals surface area contributed by atoms with Gasteiger partial charge in [0.15, 0.2) is 18.1 Å². The number of carbonyl (C=O) groups excluding carboxylic acids is 2. The minimum Gasteiger partial charge on any atom is -0.485 e. The maximum Gasteiger partial charge on any atom is 0.283 e. The van der Waals surface area contributed by atoms with Gasteiger partial charge in [-0.1, -0.05) is 23.7 Å². The number of rotatable bonds is 4. The van der Waals surface area contributed by atoms with Crippen LogP contribution >= 0.6 is 11.6 Å². The summed E-state index contributed by atoms with van der Waals surface area (Å²) in [6.45, 7) is -0.379. The van der Waals surface area contributed by atoms with Crippen molar-refractivity contribution in [1.82, 2.24) is 10.9 Å². The maximum atomic E-state index is 13.0. The highest BCUT2D eigenvalue weighted by Gasteiger charge is 2.27. The maximum absolute atomic E-state index is 13.0. The Labute approximate surface area is 153 Å². The molecule has 7 nitrogen and oxygen atoms in total. The number of fused-ring (bicyclic) bond motifs is 1. The van der Waals surface area contributed by atoms with Gasteiger partial charge in [0.1, 0.15) is 18.2 Å². The number of ether oxygens (including phenoxy) is 3. The number of carbonyl (C=O) groups is 2. The molecule has 0 aromatic heterocycles. The van der Waals surface area contributed by atoms with E-state index >= 15 is 0 Å². The van der Waals surface area contributed by atoms with Gasteiger partial charge in [0.05, 0.1) is 5.02 Å². The minimum atomic E-state index is -0.901. The van der Waals surface area contributed by atoms with Crippen LogP contribution in [0.5, 0.6) is 17.2 Å². The summed E-state index contributed by atoms with van der Waals surface area (Å²) in [6.07, 6.45) is -0.901. The molecule has 0 spiro atoms. The van der Waals surface area contributed by atoms with Crippen LogP contribution in [0, 0.1) is 5.82 Å². The van der Waals surface area contributed by atoms with Crippen LogP contribution in [0.25, 0.3) is 0 Å². The van der Waals surface area contributed by atoms with Crippen LogP contribution in [-0.4, -0.2) is 31.1 Å². The SMILES string of the molecule is O=C(COc1ccc(F)c(Cl)c1)NNC(=O)[C@@H]1COc2ccccc2O1. The average Bonchev–Trinajstić information content (AvgIpc) is 2.66. The molecule has 136 valence electrons. The van der Waals surface area contributed by atoms with Gasteiger partial charge in [0.25, 0.3) is 11.8 Å². The van der Waals surface area contributed by atoms with Gasteiger partial charge in [0, 0.05) is 6.07 Å². The van der Waals surface area contributed by atoms with E-state index in [1.807, 2.05) is 0 Å². The molecule has 1 aliphatic rings. The van der Waals surface area contributed by atoms with E-state index in [-0.39, 0.29) is 17.4 Å². The van der Waals surface area contributed by atoms with Crippen LogP contribution in [0.3, 0.4) is 0 Å². The first-order chi connectivity index (χ1) is 12.5. The standard InChI is InChI=1S/C17H14ClFN2O5/c18-11-7-10(5-6-12(11)19)24-9-16(22)20-21-17(23)15-8-25-13-3-1-2-4-14(13)26-15/h1-7,15H,8-9H2,(H,20,22)(H,21,23)/t15-/m0/s1. The summed E-state index contributed by atoms with van der Waals surface area (Å²) < 4.78 is 29.1. The molecule has 0 fully saturated rings. The number of hydrogen-bond donors (Lipinski definition) is 2. The van der Waals surface area contributed by atoms with Crippen molar-refractivity contribution in [2.45, 2.75) is 6.10 Å². The van der Waals surface area contributed by atoms with Crippen molar-refractivity contribution < 1.29 is 28.2 Å². The van der Waals surface area contributed by atoms with Gasteiger partial charge < -0.3 is 14.2 Å². The first-order valence-corrected chi connectivity index (χ1v) is 7.96. The number of para-hydroxylation sites is 2. The number of amides is 2. The highest BCUT2D eigenvalue weighted by Crippen LogP contribution is 2.30. The van der Waals surface area contributed by atoms with E-state index in [4.69, 9.17) is 25.8 Å². The Balaban J connectivity index is 1.44. The molecule has 2 aromatic rings. The Morgan fingerprint density at radius 1 is 1.19 bits per heavy atom. The largest absolute Gasteiger partial charge is 0.485 e. The molecule has 26 heavy (non-hydrogen) atoms. The van der Waals surface area contributed by atoms with Gasteiger partial charge in [-0.05, 0) is 24.3 Å². The van der Waals surface area contributed by atoms with Gasteiger partial charge in [0.2, 0.25) is 6.10 Å². The summed E-state index contributed by atoms with van der Waals surface area (Å²) in [7, 11) is 0. The number of benzene rings is 2. The summed E-state index contributed by atoms with van der Waals surface area (Å²) in [5, 5.41) is -0.120. The summed E-state index contributed by atoms with van der Waals surface area (Å²) >= 11 is 5.62. The molecule has 0 radical (unpaired) electrons. The lowest BCUT2D eigenvalue weighted by Crippen LogP contribution is -2.51. The van der Waals surface area contributed by atoms with Crippen LogP contribution < -0.4 is 25.1 Å². The second-order valence-corrected chi connectivity index (χ2v) is 5.67. The fourth-order valence-corrected chi connectivity index (χ4v) is 2.28. The van der Waals surface area contributed by atoms with Gasteiger partial charge in [-0.2, -0.15) is 0 Å². The number of hydrogen-bond acceptors (Lipinski definition) is 5. The molecule has 0 saturated carbocycles. The molecular weight excluding hydrogens is 367 g/mol. The molecule has 1 atom stereocenters. The molecule has 2 N–H and O–H groups in total. The molecule has 3 rings (SSSR count). The van der Waals surface area contributed by atoms with Gasteiger partial charge >= 0.3 is 0 Å². The lowest BCUT2D eigenvalue weighted by atomic mass is 10.2. The minimum absolute atomic E-state index is 0.0172. The molecule has 2 aromatic carbocycles. The second-order valence-electron chi connectivity index (χ2n) is 5.27. The third kappa shape index (κ3) is 4.34. The van der Waals surface area contributed by atoms with E-state index in [0.29, 0.717) is 11.5 Å². The third-order valence-corrected chi connectivity index (χ3v) is 3.68.